The summed E-state index contributed by atoms with van der Waals surface area (Å²) in [6, 6.07) is 13.5. The number of carbonyl (C=O) groups is 1. The first-order chi connectivity index (χ1) is 12.4. The monoisotopic (exact) mass is 411 g/mol. The van der Waals surface area contributed by atoms with E-state index in [4.69, 9.17) is 34.8 Å². The largest absolute Gasteiger partial charge is 0.322 e. The fourth-order valence-corrected chi connectivity index (χ4v) is 4.07. The van der Waals surface area contributed by atoms with Crippen LogP contribution in [0.5, 0.6) is 0 Å². The average molecular weight is 413 g/mol. The molecular formula is C19H20Cl3N3O. The van der Waals surface area contributed by atoms with Gasteiger partial charge in [0.25, 0.3) is 0 Å². The molecule has 26 heavy (non-hydrogen) atoms. The van der Waals surface area contributed by atoms with E-state index >= 15 is 0 Å². The Morgan fingerprint density at radius 3 is 2.42 bits per heavy atom. The van der Waals surface area contributed by atoms with E-state index in [1.165, 1.54) is 5.56 Å². The molecule has 2 aromatic rings. The van der Waals surface area contributed by atoms with Gasteiger partial charge >= 0.3 is 0 Å². The van der Waals surface area contributed by atoms with Crippen molar-refractivity contribution in [2.75, 3.05) is 38.5 Å². The van der Waals surface area contributed by atoms with Crippen LogP contribution < -0.4 is 5.32 Å². The van der Waals surface area contributed by atoms with Crippen molar-refractivity contribution in [1.29, 1.82) is 0 Å². The van der Waals surface area contributed by atoms with Gasteiger partial charge in [0, 0.05) is 30.7 Å². The van der Waals surface area contributed by atoms with E-state index in [9.17, 15) is 4.79 Å². The molecule has 138 valence electrons. The van der Waals surface area contributed by atoms with E-state index in [-0.39, 0.29) is 18.5 Å². The number of benzene rings is 2. The van der Waals surface area contributed by atoms with Gasteiger partial charge in [0.2, 0.25) is 5.91 Å². The molecule has 1 aliphatic heterocycles. The van der Waals surface area contributed by atoms with Crippen molar-refractivity contribution in [3.8, 4) is 0 Å². The van der Waals surface area contributed by atoms with Crippen LogP contribution in [0, 0.1) is 0 Å². The van der Waals surface area contributed by atoms with Gasteiger partial charge in [-0.1, -0.05) is 65.1 Å². The van der Waals surface area contributed by atoms with Crippen LogP contribution in [0.2, 0.25) is 15.1 Å². The molecule has 1 amide bonds. The average Bonchev–Trinajstić information content (AvgIpc) is 2.60. The number of likely N-dealkylation sites (N-methyl/N-ethyl adjacent to an activating group) is 1. The number of halogens is 3. The van der Waals surface area contributed by atoms with Crippen molar-refractivity contribution in [3.05, 3.63) is 63.1 Å². The first-order valence-electron chi connectivity index (χ1n) is 8.36. The van der Waals surface area contributed by atoms with Crippen LogP contribution >= 0.6 is 34.8 Å². The minimum absolute atomic E-state index is 0.151. The predicted octanol–water partition coefficient (Wildman–Crippen LogP) is 4.57. The molecule has 0 aromatic heterocycles. The molecule has 0 aliphatic carbocycles. The fraction of sp³-hybridized carbons (Fsp3) is 0.316. The molecule has 1 atom stereocenters. The highest BCUT2D eigenvalue weighted by Crippen LogP contribution is 2.34. The van der Waals surface area contributed by atoms with E-state index in [2.05, 4.69) is 34.3 Å². The topological polar surface area (TPSA) is 35.6 Å². The molecule has 1 N–H and O–H groups in total. The number of nitrogens with zero attached hydrogens (tertiary/aromatic N) is 2. The normalized spacial score (nSPS) is 18.7. The molecule has 0 radical (unpaired) electrons. The first kappa shape index (κ1) is 19.5. The van der Waals surface area contributed by atoms with Gasteiger partial charge in [-0.15, -0.1) is 0 Å². The Balaban J connectivity index is 1.73. The highest BCUT2D eigenvalue weighted by Gasteiger charge is 2.28. The molecule has 1 unspecified atom stereocenters. The molecular weight excluding hydrogens is 393 g/mol. The third kappa shape index (κ3) is 4.70. The van der Waals surface area contributed by atoms with E-state index in [1.54, 1.807) is 12.1 Å². The van der Waals surface area contributed by atoms with Crippen LogP contribution in [0.4, 0.5) is 5.69 Å². The van der Waals surface area contributed by atoms with Crippen molar-refractivity contribution >= 4 is 46.4 Å². The van der Waals surface area contributed by atoms with Crippen molar-refractivity contribution in [1.82, 2.24) is 9.80 Å². The quantitative estimate of drug-likeness (QED) is 0.799. The minimum Gasteiger partial charge on any atom is -0.322 e. The van der Waals surface area contributed by atoms with Crippen molar-refractivity contribution in [2.45, 2.75) is 6.04 Å². The summed E-state index contributed by atoms with van der Waals surface area (Å²) < 4.78 is 0. The van der Waals surface area contributed by atoms with Gasteiger partial charge < -0.3 is 10.2 Å². The second kappa shape index (κ2) is 8.59. The molecule has 1 heterocycles. The molecule has 4 nitrogen and oxygen atoms in total. The number of carbonyl (C=O) groups excluding carboxylic acids is 1. The molecule has 3 rings (SSSR count). The van der Waals surface area contributed by atoms with Gasteiger partial charge in [-0.3, -0.25) is 9.69 Å². The number of rotatable bonds is 4. The number of hydrogen-bond donors (Lipinski definition) is 1. The van der Waals surface area contributed by atoms with Gasteiger partial charge in [-0.25, -0.2) is 0 Å². The zero-order valence-electron chi connectivity index (χ0n) is 14.4. The summed E-state index contributed by atoms with van der Waals surface area (Å²) in [4.78, 5) is 17.1. The molecule has 1 saturated heterocycles. The molecule has 1 fully saturated rings. The third-order valence-corrected chi connectivity index (χ3v) is 5.31. The molecule has 7 heteroatoms. The lowest BCUT2D eigenvalue weighted by Crippen LogP contribution is -2.49. The zero-order valence-corrected chi connectivity index (χ0v) is 16.7. The van der Waals surface area contributed by atoms with Crippen molar-refractivity contribution in [2.24, 2.45) is 0 Å². The Kier molecular flexibility index (Phi) is 6.43. The summed E-state index contributed by atoms with van der Waals surface area (Å²) in [5.74, 6) is -0.151. The van der Waals surface area contributed by atoms with E-state index in [0.717, 1.165) is 19.6 Å². The second-order valence-corrected chi connectivity index (χ2v) is 7.70. The maximum Gasteiger partial charge on any atom is 0.238 e. The lowest BCUT2D eigenvalue weighted by Gasteiger charge is -2.40. The first-order valence-corrected chi connectivity index (χ1v) is 9.49. The predicted molar refractivity (Wildman–Crippen MR) is 108 cm³/mol. The van der Waals surface area contributed by atoms with Crippen LogP contribution in [0.1, 0.15) is 11.6 Å². The standard InChI is InChI=1S/C19H20Cl3N3O/c1-24-7-8-25(17(11-24)13-5-3-2-4-6-13)12-18(26)23-19-15(21)9-14(20)10-16(19)22/h2-6,9-10,17H,7-8,11-12H2,1H3,(H,23,26). The number of anilines is 1. The maximum atomic E-state index is 12.6. The van der Waals surface area contributed by atoms with Crippen LogP contribution in [0.25, 0.3) is 0 Å². The summed E-state index contributed by atoms with van der Waals surface area (Å²) in [6.07, 6.45) is 0. The second-order valence-electron chi connectivity index (χ2n) is 6.45. The summed E-state index contributed by atoms with van der Waals surface area (Å²) in [7, 11) is 2.10. The summed E-state index contributed by atoms with van der Waals surface area (Å²) in [6.45, 7) is 2.87. The van der Waals surface area contributed by atoms with Gasteiger partial charge in [-0.05, 0) is 24.7 Å². The van der Waals surface area contributed by atoms with Gasteiger partial charge in [0.1, 0.15) is 0 Å². The SMILES string of the molecule is CN1CCN(CC(=O)Nc2c(Cl)cc(Cl)cc2Cl)C(c2ccccc2)C1. The van der Waals surface area contributed by atoms with E-state index < -0.39 is 0 Å². The number of piperazine rings is 1. The van der Waals surface area contributed by atoms with Crippen LogP contribution in [0.3, 0.4) is 0 Å². The van der Waals surface area contributed by atoms with Crippen LogP contribution in [0.15, 0.2) is 42.5 Å². The molecule has 0 bridgehead atoms. The Labute approximate surface area is 168 Å². The summed E-state index contributed by atoms with van der Waals surface area (Å²) >= 11 is 18.2. The maximum absolute atomic E-state index is 12.6. The number of nitrogens with one attached hydrogen (secondary N) is 1. The Bertz CT molecular complexity index is 762. The number of amides is 1. The minimum atomic E-state index is -0.151. The van der Waals surface area contributed by atoms with Gasteiger partial charge in [-0.2, -0.15) is 0 Å². The van der Waals surface area contributed by atoms with Crippen LogP contribution in [-0.2, 0) is 4.79 Å². The van der Waals surface area contributed by atoms with Gasteiger partial charge in [0.05, 0.1) is 22.3 Å². The van der Waals surface area contributed by atoms with Crippen LogP contribution in [-0.4, -0.2) is 48.9 Å². The Hall–Kier alpha value is -1.30. The summed E-state index contributed by atoms with van der Waals surface area (Å²) in [5, 5.41) is 3.91. The Morgan fingerprint density at radius 1 is 1.12 bits per heavy atom. The molecule has 1 aliphatic rings. The molecule has 0 spiro atoms. The van der Waals surface area contributed by atoms with Crippen molar-refractivity contribution < 1.29 is 4.79 Å². The third-order valence-electron chi connectivity index (χ3n) is 4.50. The van der Waals surface area contributed by atoms with E-state index in [1.807, 2.05) is 18.2 Å². The lowest BCUT2D eigenvalue weighted by molar-refractivity contribution is -0.118. The van der Waals surface area contributed by atoms with E-state index in [0.29, 0.717) is 20.8 Å². The zero-order chi connectivity index (χ0) is 18.7. The molecule has 0 saturated carbocycles. The smallest absolute Gasteiger partial charge is 0.238 e. The summed E-state index contributed by atoms with van der Waals surface area (Å²) in [5.41, 5.74) is 1.60. The van der Waals surface area contributed by atoms with Gasteiger partial charge in [0.15, 0.2) is 0 Å². The molecule has 2 aromatic carbocycles. The highest BCUT2D eigenvalue weighted by molar-refractivity contribution is 6.42. The lowest BCUT2D eigenvalue weighted by atomic mass is 10.0. The Morgan fingerprint density at radius 2 is 1.77 bits per heavy atom. The van der Waals surface area contributed by atoms with Crippen molar-refractivity contribution in [3.63, 3.8) is 0 Å². The number of hydrogen-bond acceptors (Lipinski definition) is 3. The fourth-order valence-electron chi connectivity index (χ4n) is 3.16. The highest BCUT2D eigenvalue weighted by atomic mass is 35.5.